The molecule has 4 aromatic rings. The molecule has 12 heteroatoms. The van der Waals surface area contributed by atoms with E-state index in [1.165, 1.54) is 35.0 Å². The molecule has 0 N–H and O–H groups in total. The minimum Gasteiger partial charge on any atom is -0.453 e. The third-order valence-electron chi connectivity index (χ3n) is 8.71. The summed E-state index contributed by atoms with van der Waals surface area (Å²) < 4.78 is 56.2. The van der Waals surface area contributed by atoms with Crippen LogP contribution < -0.4 is 0 Å². The first kappa shape index (κ1) is 37.5. The Bertz CT molecular complexity index is 1830. The van der Waals surface area contributed by atoms with Crippen molar-refractivity contribution >= 4 is 29.3 Å². The lowest BCUT2D eigenvalue weighted by atomic mass is 9.81. The predicted octanol–water partition coefficient (Wildman–Crippen LogP) is 8.15. The molecule has 1 saturated heterocycles. The smallest absolute Gasteiger partial charge is 0.410 e. The van der Waals surface area contributed by atoms with E-state index in [4.69, 9.17) is 14.5 Å². The number of carbonyl (C=O) groups excluding carboxylic acids is 3. The van der Waals surface area contributed by atoms with Gasteiger partial charge in [-0.2, -0.15) is 0 Å². The molecule has 5 rings (SSSR count). The van der Waals surface area contributed by atoms with Crippen LogP contribution in [0, 0.1) is 23.0 Å². The Kier molecular flexibility index (Phi) is 11.8. The van der Waals surface area contributed by atoms with Gasteiger partial charge in [-0.05, 0) is 41.7 Å². The van der Waals surface area contributed by atoms with Crippen LogP contribution in [0.4, 0.5) is 18.0 Å². The molecular formula is C39H42F3N3O5S. The molecule has 270 valence electrons. The van der Waals surface area contributed by atoms with Crippen molar-refractivity contribution in [1.29, 1.82) is 0 Å². The molecule has 1 aliphatic heterocycles. The van der Waals surface area contributed by atoms with Crippen LogP contribution in [0.15, 0.2) is 78.9 Å². The second kappa shape index (κ2) is 16.1. The van der Waals surface area contributed by atoms with E-state index in [1.807, 2.05) is 81.4 Å². The van der Waals surface area contributed by atoms with Crippen LogP contribution >= 0.6 is 11.3 Å². The van der Waals surface area contributed by atoms with Gasteiger partial charge < -0.3 is 19.3 Å². The molecule has 0 aliphatic carbocycles. The van der Waals surface area contributed by atoms with Gasteiger partial charge in [0.2, 0.25) is 0 Å². The third-order valence-corrected chi connectivity index (χ3v) is 9.82. The van der Waals surface area contributed by atoms with Crippen LogP contribution in [-0.4, -0.2) is 64.7 Å². The summed E-state index contributed by atoms with van der Waals surface area (Å²) in [6.45, 7) is 7.97. The summed E-state index contributed by atoms with van der Waals surface area (Å²) in [4.78, 5) is 47.7. The maximum atomic E-state index is 15.9. The number of aromatic nitrogens is 1. The SMILES string of the molecule is CC(=O)O[C@@H](C)C(=O)N(C[C@@H]1CN(C(=O)OCc2ccccc2)C[C@@H]1F)[C@@H](c1nc(-c2cc(F)ccc2F)sc1Cc1ccccc1)C(C)(C)C. The van der Waals surface area contributed by atoms with Crippen LogP contribution in [0.5, 0.6) is 0 Å². The summed E-state index contributed by atoms with van der Waals surface area (Å²) in [5.74, 6) is -3.35. The maximum Gasteiger partial charge on any atom is 0.410 e. The van der Waals surface area contributed by atoms with Crippen molar-refractivity contribution in [1.82, 2.24) is 14.8 Å². The van der Waals surface area contributed by atoms with Gasteiger partial charge in [0.1, 0.15) is 29.4 Å². The van der Waals surface area contributed by atoms with E-state index in [0.717, 1.165) is 29.3 Å². The van der Waals surface area contributed by atoms with Gasteiger partial charge in [-0.3, -0.25) is 9.59 Å². The van der Waals surface area contributed by atoms with E-state index in [2.05, 4.69) is 0 Å². The van der Waals surface area contributed by atoms with Gasteiger partial charge >= 0.3 is 12.1 Å². The molecule has 8 nitrogen and oxygen atoms in total. The van der Waals surface area contributed by atoms with Crippen molar-refractivity contribution in [2.75, 3.05) is 19.6 Å². The zero-order valence-corrected chi connectivity index (χ0v) is 30.1. The molecule has 1 fully saturated rings. The van der Waals surface area contributed by atoms with E-state index in [0.29, 0.717) is 17.0 Å². The molecule has 2 amide bonds. The fourth-order valence-electron chi connectivity index (χ4n) is 6.36. The highest BCUT2D eigenvalue weighted by Gasteiger charge is 2.45. The van der Waals surface area contributed by atoms with Crippen molar-refractivity contribution in [3.63, 3.8) is 0 Å². The second-order valence-corrected chi connectivity index (χ2v) is 14.9. The van der Waals surface area contributed by atoms with Crippen LogP contribution in [0.25, 0.3) is 10.6 Å². The summed E-state index contributed by atoms with van der Waals surface area (Å²) in [7, 11) is 0. The van der Waals surface area contributed by atoms with Gasteiger partial charge in [0.25, 0.3) is 5.91 Å². The minimum absolute atomic E-state index is 0.0227. The normalized spacial score (nSPS) is 17.1. The molecule has 0 bridgehead atoms. The Hall–Kier alpha value is -4.71. The summed E-state index contributed by atoms with van der Waals surface area (Å²) in [6.07, 6.45) is -3.02. The zero-order valence-electron chi connectivity index (χ0n) is 29.3. The number of halogens is 3. The number of benzene rings is 3. The number of likely N-dealkylation sites (tertiary alicyclic amines) is 1. The molecule has 51 heavy (non-hydrogen) atoms. The number of carbonyl (C=O) groups is 3. The molecule has 3 aromatic carbocycles. The molecule has 1 aliphatic rings. The number of ether oxygens (including phenoxy) is 2. The Morgan fingerprint density at radius 3 is 2.25 bits per heavy atom. The summed E-state index contributed by atoms with van der Waals surface area (Å²) in [5, 5.41) is 0.221. The first-order valence-corrected chi connectivity index (χ1v) is 17.6. The van der Waals surface area contributed by atoms with Crippen LogP contribution in [0.1, 0.15) is 62.4 Å². The van der Waals surface area contributed by atoms with Gasteiger partial charge in [-0.1, -0.05) is 81.4 Å². The Morgan fingerprint density at radius 1 is 0.980 bits per heavy atom. The number of thiazole rings is 1. The van der Waals surface area contributed by atoms with Crippen LogP contribution in [0.2, 0.25) is 0 Å². The Morgan fingerprint density at radius 2 is 1.63 bits per heavy atom. The van der Waals surface area contributed by atoms with E-state index in [1.54, 1.807) is 0 Å². The maximum absolute atomic E-state index is 15.9. The van der Waals surface area contributed by atoms with Crippen molar-refractivity contribution in [2.45, 2.75) is 66.0 Å². The first-order valence-electron chi connectivity index (χ1n) is 16.8. The number of esters is 1. The van der Waals surface area contributed by atoms with E-state index >= 15 is 8.78 Å². The number of hydrogen-bond acceptors (Lipinski definition) is 7. The van der Waals surface area contributed by atoms with Crippen molar-refractivity contribution in [3.05, 3.63) is 112 Å². The highest BCUT2D eigenvalue weighted by Crippen LogP contribution is 2.44. The van der Waals surface area contributed by atoms with Crippen molar-refractivity contribution in [3.8, 4) is 10.6 Å². The second-order valence-electron chi connectivity index (χ2n) is 13.8. The third kappa shape index (κ3) is 9.35. The molecular weight excluding hydrogens is 680 g/mol. The average Bonchev–Trinajstić information content (AvgIpc) is 3.66. The molecule has 0 unspecified atom stereocenters. The Balaban J connectivity index is 1.54. The summed E-state index contributed by atoms with van der Waals surface area (Å²) in [5.41, 5.74) is 1.38. The topological polar surface area (TPSA) is 89.0 Å². The number of alkyl halides is 1. The van der Waals surface area contributed by atoms with Gasteiger partial charge in [0, 0.05) is 42.8 Å². The van der Waals surface area contributed by atoms with Gasteiger partial charge in [0.15, 0.2) is 6.10 Å². The molecule has 1 aromatic heterocycles. The van der Waals surface area contributed by atoms with Crippen molar-refractivity contribution in [2.24, 2.45) is 11.3 Å². The minimum atomic E-state index is -1.50. The zero-order chi connectivity index (χ0) is 36.9. The lowest BCUT2D eigenvalue weighted by Crippen LogP contribution is -2.49. The average molecular weight is 722 g/mol. The Labute approximate surface area is 300 Å². The van der Waals surface area contributed by atoms with Crippen molar-refractivity contribution < 1.29 is 37.0 Å². The number of amides is 2. The number of nitrogens with zero attached hydrogens (tertiary/aromatic N) is 3. The molecule has 4 atom stereocenters. The lowest BCUT2D eigenvalue weighted by molar-refractivity contribution is -0.160. The number of hydrogen-bond donors (Lipinski definition) is 0. The van der Waals surface area contributed by atoms with Gasteiger partial charge in [-0.25, -0.2) is 22.9 Å². The number of rotatable bonds is 11. The largest absolute Gasteiger partial charge is 0.453 e. The lowest BCUT2D eigenvalue weighted by Gasteiger charge is -2.42. The quantitative estimate of drug-likeness (QED) is 0.145. The van der Waals surface area contributed by atoms with E-state index in [9.17, 15) is 18.8 Å². The van der Waals surface area contributed by atoms with Gasteiger partial charge in [0.05, 0.1) is 18.3 Å². The molecule has 0 radical (unpaired) electrons. The highest BCUT2D eigenvalue weighted by atomic mass is 32.1. The molecule has 2 heterocycles. The van der Waals surface area contributed by atoms with Crippen LogP contribution in [-0.2, 0) is 32.1 Å². The summed E-state index contributed by atoms with van der Waals surface area (Å²) in [6, 6.07) is 21.0. The molecule has 0 saturated carbocycles. The monoisotopic (exact) mass is 721 g/mol. The first-order chi connectivity index (χ1) is 24.2. The fraction of sp³-hybridized carbons (Fsp3) is 0.385. The van der Waals surface area contributed by atoms with E-state index < -0.39 is 59.3 Å². The van der Waals surface area contributed by atoms with E-state index in [-0.39, 0.29) is 36.8 Å². The predicted molar refractivity (Wildman–Crippen MR) is 188 cm³/mol. The fourth-order valence-corrected chi connectivity index (χ4v) is 7.50. The van der Waals surface area contributed by atoms with Gasteiger partial charge in [-0.15, -0.1) is 11.3 Å². The van der Waals surface area contributed by atoms with Crippen LogP contribution in [0.3, 0.4) is 0 Å². The summed E-state index contributed by atoms with van der Waals surface area (Å²) >= 11 is 1.19. The standard InChI is InChI=1S/C39H42F3N3O5S/c1-24(50-25(2)46)37(47)45(21-28-20-44(22-32(28)42)38(48)49-23-27-14-10-7-11-15-27)35(39(3,4)5)34-33(18-26-12-8-6-9-13-26)51-36(43-34)30-19-29(40)16-17-31(30)41/h6-17,19,24,28,32,35H,18,20-23H2,1-5H3/t24-,28-,32-,35-/m0/s1. The highest BCUT2D eigenvalue weighted by molar-refractivity contribution is 7.15. The molecule has 0 spiro atoms.